The number of carbonyl (C=O) groups excluding carboxylic acids is 2. The van der Waals surface area contributed by atoms with Crippen molar-refractivity contribution in [1.82, 2.24) is 10.6 Å². The lowest BCUT2D eigenvalue weighted by atomic mass is 9.49. The average molecular weight is 417 g/mol. The van der Waals surface area contributed by atoms with Crippen LogP contribution in [0.4, 0.5) is 0 Å². The van der Waals surface area contributed by atoms with E-state index in [1.165, 1.54) is 19.3 Å². The molecule has 162 valence electrons. The minimum Gasteiger partial charge on any atom is -0.347 e. The monoisotopic (exact) mass is 416 g/mol. The highest BCUT2D eigenvalue weighted by Crippen LogP contribution is 2.60. The number of nitrogens with one attached hydrogen (secondary N) is 2. The van der Waals surface area contributed by atoms with Gasteiger partial charge in [0.15, 0.2) is 0 Å². The summed E-state index contributed by atoms with van der Waals surface area (Å²) in [5.74, 6) is 2.08. The topological polar surface area (TPSA) is 58.2 Å². The summed E-state index contributed by atoms with van der Waals surface area (Å²) in [5.41, 5.74) is 1.14. The van der Waals surface area contributed by atoms with Crippen LogP contribution in [-0.2, 0) is 15.1 Å². The maximum absolute atomic E-state index is 13.2. The zero-order chi connectivity index (χ0) is 21.5. The minimum absolute atomic E-state index is 0.0237. The smallest absolute Gasteiger partial charge is 0.240 e. The third-order valence-electron chi connectivity index (χ3n) is 8.02. The van der Waals surface area contributed by atoms with Crippen LogP contribution < -0.4 is 10.6 Å². The molecule has 31 heavy (non-hydrogen) atoms. The molecule has 0 heterocycles. The summed E-state index contributed by atoms with van der Waals surface area (Å²) >= 11 is 0. The van der Waals surface area contributed by atoms with Crippen molar-refractivity contribution in [2.75, 3.05) is 6.54 Å². The molecule has 4 aliphatic rings. The van der Waals surface area contributed by atoms with E-state index in [-0.39, 0.29) is 23.8 Å². The Bertz CT molecular complexity index is 879. The fourth-order valence-electron chi connectivity index (χ4n) is 6.91. The zero-order valence-corrected chi connectivity index (χ0v) is 18.3. The van der Waals surface area contributed by atoms with Crippen molar-refractivity contribution in [3.63, 3.8) is 0 Å². The van der Waals surface area contributed by atoms with Crippen molar-refractivity contribution in [3.05, 3.63) is 71.8 Å². The number of carbonyl (C=O) groups is 2. The van der Waals surface area contributed by atoms with Crippen LogP contribution in [0.2, 0.25) is 0 Å². The van der Waals surface area contributed by atoms with Gasteiger partial charge in [-0.05, 0) is 74.3 Å². The summed E-state index contributed by atoms with van der Waals surface area (Å²) in [4.78, 5) is 26.2. The second kappa shape index (κ2) is 7.81. The molecule has 0 radical (unpaired) electrons. The van der Waals surface area contributed by atoms with Gasteiger partial charge in [-0.15, -0.1) is 0 Å². The van der Waals surface area contributed by atoms with Gasteiger partial charge in [0.2, 0.25) is 11.8 Å². The average Bonchev–Trinajstić information content (AvgIpc) is 2.77. The van der Waals surface area contributed by atoms with Crippen LogP contribution >= 0.6 is 0 Å². The molecular formula is C27H32N2O2. The second-order valence-corrected chi connectivity index (χ2v) is 10.3. The van der Waals surface area contributed by atoms with Crippen molar-refractivity contribution in [1.29, 1.82) is 0 Å². The molecule has 4 heteroatoms. The predicted octanol–water partition coefficient (Wildman–Crippen LogP) is 4.40. The Hall–Kier alpha value is -2.62. The molecule has 0 unspecified atom stereocenters. The van der Waals surface area contributed by atoms with Gasteiger partial charge in [-0.25, -0.2) is 0 Å². The fraction of sp³-hybridized carbons (Fsp3) is 0.481. The van der Waals surface area contributed by atoms with Crippen LogP contribution in [0, 0.1) is 23.2 Å². The SMILES string of the molecule is CC(NC(=O)CNC(=O)C12CC3CC(CC(C3)C1)C2)(c1ccccc1)c1ccccc1. The molecule has 4 bridgehead atoms. The summed E-state index contributed by atoms with van der Waals surface area (Å²) in [6, 6.07) is 20.0. The van der Waals surface area contributed by atoms with Crippen molar-refractivity contribution >= 4 is 11.8 Å². The molecule has 2 aromatic rings. The summed E-state index contributed by atoms with van der Waals surface area (Å²) < 4.78 is 0. The molecule has 2 amide bonds. The van der Waals surface area contributed by atoms with Crippen molar-refractivity contribution in [2.24, 2.45) is 23.2 Å². The molecule has 2 N–H and O–H groups in total. The largest absolute Gasteiger partial charge is 0.347 e. The second-order valence-electron chi connectivity index (χ2n) is 10.3. The maximum Gasteiger partial charge on any atom is 0.240 e. The summed E-state index contributed by atoms with van der Waals surface area (Å²) in [7, 11) is 0. The van der Waals surface area contributed by atoms with E-state index in [0.29, 0.717) is 17.8 Å². The molecule has 4 saturated carbocycles. The first kappa shape index (κ1) is 20.3. The van der Waals surface area contributed by atoms with Crippen LogP contribution in [0.1, 0.15) is 56.6 Å². The van der Waals surface area contributed by atoms with Gasteiger partial charge in [-0.1, -0.05) is 60.7 Å². The fourth-order valence-corrected chi connectivity index (χ4v) is 6.91. The highest BCUT2D eigenvalue weighted by Gasteiger charge is 2.54. The van der Waals surface area contributed by atoms with Gasteiger partial charge in [0, 0.05) is 5.41 Å². The van der Waals surface area contributed by atoms with Gasteiger partial charge in [0.05, 0.1) is 12.1 Å². The minimum atomic E-state index is -0.662. The molecule has 6 rings (SSSR count). The van der Waals surface area contributed by atoms with E-state index in [1.807, 2.05) is 67.6 Å². The normalized spacial score (nSPS) is 28.9. The highest BCUT2D eigenvalue weighted by molar-refractivity contribution is 5.88. The van der Waals surface area contributed by atoms with Crippen molar-refractivity contribution in [3.8, 4) is 0 Å². The van der Waals surface area contributed by atoms with Crippen LogP contribution in [0.5, 0.6) is 0 Å². The molecule has 0 spiro atoms. The van der Waals surface area contributed by atoms with E-state index in [0.717, 1.165) is 30.4 Å². The van der Waals surface area contributed by atoms with E-state index in [2.05, 4.69) is 10.6 Å². The van der Waals surface area contributed by atoms with Crippen LogP contribution in [0.15, 0.2) is 60.7 Å². The predicted molar refractivity (Wildman–Crippen MR) is 121 cm³/mol. The van der Waals surface area contributed by atoms with Gasteiger partial charge < -0.3 is 10.6 Å². The Morgan fingerprint density at radius 2 is 1.29 bits per heavy atom. The quantitative estimate of drug-likeness (QED) is 0.733. The maximum atomic E-state index is 13.2. The molecule has 2 aromatic carbocycles. The summed E-state index contributed by atoms with van der Waals surface area (Å²) in [6.45, 7) is 2.05. The van der Waals surface area contributed by atoms with Gasteiger partial charge >= 0.3 is 0 Å². The number of rotatable bonds is 6. The van der Waals surface area contributed by atoms with E-state index >= 15 is 0 Å². The standard InChI is InChI=1S/C27H32N2O2/c1-26(22-8-4-2-5-9-22,23-10-6-3-7-11-23)29-24(30)18-28-25(31)27-15-19-12-20(16-27)14-21(13-19)17-27/h2-11,19-21H,12-18H2,1H3,(H,28,31)(H,29,30). The molecule has 0 saturated heterocycles. The van der Waals surface area contributed by atoms with E-state index < -0.39 is 5.54 Å². The Balaban J connectivity index is 1.28. The van der Waals surface area contributed by atoms with E-state index in [4.69, 9.17) is 0 Å². The van der Waals surface area contributed by atoms with E-state index in [1.54, 1.807) is 0 Å². The van der Waals surface area contributed by atoms with Gasteiger partial charge in [-0.3, -0.25) is 9.59 Å². The van der Waals surface area contributed by atoms with Gasteiger partial charge in [-0.2, -0.15) is 0 Å². The number of amides is 2. The molecule has 4 nitrogen and oxygen atoms in total. The van der Waals surface area contributed by atoms with Crippen molar-refractivity contribution in [2.45, 2.75) is 51.0 Å². The van der Waals surface area contributed by atoms with Crippen LogP contribution in [-0.4, -0.2) is 18.4 Å². The first-order valence-corrected chi connectivity index (χ1v) is 11.7. The Labute approximate surface area is 184 Å². The first-order chi connectivity index (χ1) is 15.0. The molecule has 4 aliphatic carbocycles. The number of hydrogen-bond acceptors (Lipinski definition) is 2. The molecular weight excluding hydrogens is 384 g/mol. The molecule has 0 atom stereocenters. The third-order valence-corrected chi connectivity index (χ3v) is 8.02. The van der Waals surface area contributed by atoms with Crippen molar-refractivity contribution < 1.29 is 9.59 Å². The zero-order valence-electron chi connectivity index (χ0n) is 18.3. The van der Waals surface area contributed by atoms with Gasteiger partial charge in [0.1, 0.15) is 0 Å². The number of hydrogen-bond donors (Lipinski definition) is 2. The molecule has 0 aliphatic heterocycles. The summed E-state index contributed by atoms with van der Waals surface area (Å²) in [5, 5.41) is 6.22. The third kappa shape index (κ3) is 3.77. The van der Waals surface area contributed by atoms with Crippen LogP contribution in [0.3, 0.4) is 0 Å². The van der Waals surface area contributed by atoms with Crippen LogP contribution in [0.25, 0.3) is 0 Å². The molecule has 0 aromatic heterocycles. The lowest BCUT2D eigenvalue weighted by molar-refractivity contribution is -0.147. The number of benzene rings is 2. The Morgan fingerprint density at radius 1 is 0.839 bits per heavy atom. The lowest BCUT2D eigenvalue weighted by Crippen LogP contribution is -2.55. The highest BCUT2D eigenvalue weighted by atomic mass is 16.2. The van der Waals surface area contributed by atoms with Gasteiger partial charge in [0.25, 0.3) is 0 Å². The molecule has 4 fully saturated rings. The Kier molecular flexibility index (Phi) is 5.11. The summed E-state index contributed by atoms with van der Waals surface area (Å²) in [6.07, 6.45) is 6.95. The van der Waals surface area contributed by atoms with E-state index in [9.17, 15) is 9.59 Å². The lowest BCUT2D eigenvalue weighted by Gasteiger charge is -2.55. The first-order valence-electron chi connectivity index (χ1n) is 11.7. The Morgan fingerprint density at radius 3 is 1.74 bits per heavy atom.